The zero-order valence-electron chi connectivity index (χ0n) is 18.3. The predicted octanol–water partition coefficient (Wildman–Crippen LogP) is 3.90. The van der Waals surface area contributed by atoms with Crippen molar-refractivity contribution in [2.45, 2.75) is 24.0 Å². The summed E-state index contributed by atoms with van der Waals surface area (Å²) in [4.78, 5) is 27.2. The Balaban J connectivity index is 1.41. The molecule has 2 heterocycles. The second kappa shape index (κ2) is 10.0. The van der Waals surface area contributed by atoms with Crippen LogP contribution in [0.2, 0.25) is 0 Å². The van der Waals surface area contributed by atoms with Crippen molar-refractivity contribution < 1.29 is 22.7 Å². The van der Waals surface area contributed by atoms with Gasteiger partial charge in [0.1, 0.15) is 4.21 Å². The van der Waals surface area contributed by atoms with Crippen molar-refractivity contribution in [3.05, 3.63) is 60.0 Å². The van der Waals surface area contributed by atoms with Crippen molar-refractivity contribution >= 4 is 49.7 Å². The number of piperidine rings is 1. The van der Waals surface area contributed by atoms with Crippen LogP contribution in [0.5, 0.6) is 0 Å². The Hall–Kier alpha value is -2.75. The number of esters is 1. The Bertz CT molecular complexity index is 1240. The van der Waals surface area contributed by atoms with Crippen molar-refractivity contribution in [2.75, 3.05) is 31.1 Å². The number of benzene rings is 2. The molecule has 0 spiro atoms. The molecule has 2 aromatic carbocycles. The third-order valence-corrected chi connectivity index (χ3v) is 9.06. The SMILES string of the molecule is CCN(C(=O)COC(=O)C1CCCN(S(=O)(=O)c2cccs2)C1)c1cccc2ccccc12. The first-order valence-electron chi connectivity index (χ1n) is 10.9. The lowest BCUT2D eigenvalue weighted by atomic mass is 10.00. The largest absolute Gasteiger partial charge is 0.455 e. The van der Waals surface area contributed by atoms with Crippen LogP contribution in [0.15, 0.2) is 64.2 Å². The van der Waals surface area contributed by atoms with E-state index in [1.807, 2.05) is 49.4 Å². The molecule has 0 radical (unpaired) electrons. The summed E-state index contributed by atoms with van der Waals surface area (Å²) in [5.74, 6) is -1.45. The average molecular weight is 487 g/mol. The van der Waals surface area contributed by atoms with Gasteiger partial charge in [-0.2, -0.15) is 4.31 Å². The number of nitrogens with zero attached hydrogens (tertiary/aromatic N) is 2. The molecule has 1 amide bonds. The van der Waals surface area contributed by atoms with Gasteiger partial charge in [-0.15, -0.1) is 11.3 Å². The van der Waals surface area contributed by atoms with Crippen molar-refractivity contribution in [3.63, 3.8) is 0 Å². The van der Waals surface area contributed by atoms with E-state index in [0.717, 1.165) is 27.8 Å². The highest BCUT2D eigenvalue weighted by atomic mass is 32.2. The van der Waals surface area contributed by atoms with E-state index in [1.54, 1.807) is 22.4 Å². The molecule has 0 aliphatic carbocycles. The second-order valence-corrected chi connectivity index (χ2v) is 11.0. The zero-order valence-corrected chi connectivity index (χ0v) is 20.0. The van der Waals surface area contributed by atoms with E-state index in [2.05, 4.69) is 0 Å². The molecule has 0 bridgehead atoms. The molecular formula is C24H26N2O5S2. The Morgan fingerprint density at radius 3 is 2.67 bits per heavy atom. The summed E-state index contributed by atoms with van der Waals surface area (Å²) in [6, 6.07) is 16.8. The second-order valence-electron chi connectivity index (χ2n) is 7.88. The number of sulfonamides is 1. The van der Waals surface area contributed by atoms with Gasteiger partial charge in [0.15, 0.2) is 6.61 Å². The Labute approximate surface area is 197 Å². The lowest BCUT2D eigenvalue weighted by Gasteiger charge is -2.30. The molecule has 1 atom stereocenters. The van der Waals surface area contributed by atoms with Gasteiger partial charge < -0.3 is 9.64 Å². The van der Waals surface area contributed by atoms with Crippen molar-refractivity contribution in [3.8, 4) is 0 Å². The fraction of sp³-hybridized carbons (Fsp3) is 0.333. The third kappa shape index (κ3) is 4.95. The van der Waals surface area contributed by atoms with E-state index < -0.39 is 21.9 Å². The number of carbonyl (C=O) groups excluding carboxylic acids is 2. The molecule has 1 aliphatic heterocycles. The van der Waals surface area contributed by atoms with E-state index >= 15 is 0 Å². The van der Waals surface area contributed by atoms with Crippen molar-refractivity contribution in [1.82, 2.24) is 4.31 Å². The normalized spacial score (nSPS) is 17.1. The molecule has 3 aromatic rings. The molecule has 1 unspecified atom stereocenters. The number of hydrogen-bond acceptors (Lipinski definition) is 6. The van der Waals surface area contributed by atoms with Gasteiger partial charge in [0.2, 0.25) is 0 Å². The molecule has 4 rings (SSSR count). The van der Waals surface area contributed by atoms with Crippen LogP contribution in [0.1, 0.15) is 19.8 Å². The minimum Gasteiger partial charge on any atom is -0.455 e. The molecular weight excluding hydrogens is 460 g/mol. The zero-order chi connectivity index (χ0) is 23.4. The minimum atomic E-state index is -3.62. The summed E-state index contributed by atoms with van der Waals surface area (Å²) in [6.07, 6.45) is 1.10. The highest BCUT2D eigenvalue weighted by molar-refractivity contribution is 7.91. The Kier molecular flexibility index (Phi) is 7.11. The van der Waals surface area contributed by atoms with E-state index in [1.165, 1.54) is 4.31 Å². The summed E-state index contributed by atoms with van der Waals surface area (Å²) >= 11 is 1.16. The molecule has 1 aliphatic rings. The van der Waals surface area contributed by atoms with E-state index in [0.29, 0.717) is 25.9 Å². The van der Waals surface area contributed by atoms with E-state index in [9.17, 15) is 18.0 Å². The van der Waals surface area contributed by atoms with E-state index in [4.69, 9.17) is 4.74 Å². The maximum absolute atomic E-state index is 12.9. The number of anilines is 1. The lowest BCUT2D eigenvalue weighted by Crippen LogP contribution is -2.43. The van der Waals surface area contributed by atoms with Gasteiger partial charge in [-0.1, -0.05) is 42.5 Å². The van der Waals surface area contributed by atoms with Gasteiger partial charge in [-0.25, -0.2) is 8.42 Å². The molecule has 174 valence electrons. The third-order valence-electron chi connectivity index (χ3n) is 5.82. The minimum absolute atomic E-state index is 0.0636. The molecule has 1 saturated heterocycles. The van der Waals surface area contributed by atoms with Gasteiger partial charge in [-0.05, 0) is 42.7 Å². The molecule has 1 fully saturated rings. The van der Waals surface area contributed by atoms with Gasteiger partial charge >= 0.3 is 5.97 Å². The number of rotatable bonds is 7. The van der Waals surface area contributed by atoms with Gasteiger partial charge in [0, 0.05) is 25.0 Å². The summed E-state index contributed by atoms with van der Waals surface area (Å²) in [5, 5.41) is 3.68. The summed E-state index contributed by atoms with van der Waals surface area (Å²) in [6.45, 7) is 2.35. The smallest absolute Gasteiger partial charge is 0.310 e. The average Bonchev–Trinajstić information content (AvgIpc) is 3.39. The lowest BCUT2D eigenvalue weighted by molar-refractivity contribution is -0.153. The fourth-order valence-electron chi connectivity index (χ4n) is 4.14. The highest BCUT2D eigenvalue weighted by Crippen LogP contribution is 2.28. The first-order chi connectivity index (χ1) is 15.9. The maximum Gasteiger partial charge on any atom is 0.310 e. The summed E-state index contributed by atoms with van der Waals surface area (Å²) < 4.78 is 32.6. The van der Waals surface area contributed by atoms with E-state index in [-0.39, 0.29) is 23.3 Å². The van der Waals surface area contributed by atoms with Crippen LogP contribution in [0, 0.1) is 5.92 Å². The molecule has 7 nitrogen and oxygen atoms in total. The Morgan fingerprint density at radius 1 is 1.12 bits per heavy atom. The first-order valence-corrected chi connectivity index (χ1v) is 13.2. The fourth-order valence-corrected chi connectivity index (χ4v) is 6.81. The number of amides is 1. The number of likely N-dealkylation sites (N-methyl/N-ethyl adjacent to an activating group) is 1. The van der Waals surface area contributed by atoms with Crippen LogP contribution in [0.4, 0.5) is 5.69 Å². The van der Waals surface area contributed by atoms with Crippen LogP contribution in [-0.4, -0.2) is 50.8 Å². The maximum atomic E-state index is 12.9. The van der Waals surface area contributed by atoms with Crippen molar-refractivity contribution in [1.29, 1.82) is 0 Å². The highest BCUT2D eigenvalue weighted by Gasteiger charge is 2.35. The number of fused-ring (bicyclic) bond motifs is 1. The summed E-state index contributed by atoms with van der Waals surface area (Å²) in [7, 11) is -3.62. The number of thiophene rings is 1. The van der Waals surface area contributed by atoms with Crippen LogP contribution in [0.3, 0.4) is 0 Å². The standard InChI is InChI=1S/C24H26N2O5S2/c1-2-26(21-12-5-9-18-8-3-4-11-20(18)21)22(27)17-31-24(28)19-10-6-14-25(16-19)33(29,30)23-13-7-15-32-23/h3-5,7-9,11-13,15,19H,2,6,10,14,16-17H2,1H3. The molecule has 33 heavy (non-hydrogen) atoms. The topological polar surface area (TPSA) is 84.0 Å². The number of ether oxygens (including phenoxy) is 1. The molecule has 1 aromatic heterocycles. The van der Waals surface area contributed by atoms with Crippen LogP contribution in [0.25, 0.3) is 10.8 Å². The predicted molar refractivity (Wildman–Crippen MR) is 129 cm³/mol. The van der Waals surface area contributed by atoms with Gasteiger partial charge in [0.25, 0.3) is 15.9 Å². The quantitative estimate of drug-likeness (QED) is 0.473. The molecule has 9 heteroatoms. The summed E-state index contributed by atoms with van der Waals surface area (Å²) in [5.41, 5.74) is 0.766. The first kappa shape index (κ1) is 23.4. The van der Waals surface area contributed by atoms with Crippen molar-refractivity contribution in [2.24, 2.45) is 5.92 Å². The Morgan fingerprint density at radius 2 is 1.91 bits per heavy atom. The van der Waals surface area contributed by atoms with Gasteiger partial charge in [-0.3, -0.25) is 9.59 Å². The number of carbonyl (C=O) groups is 2. The monoisotopic (exact) mass is 486 g/mol. The van der Waals surface area contributed by atoms with Gasteiger partial charge in [0.05, 0.1) is 11.6 Å². The van der Waals surface area contributed by atoms with Crippen LogP contribution >= 0.6 is 11.3 Å². The van der Waals surface area contributed by atoms with Crippen LogP contribution < -0.4 is 4.90 Å². The van der Waals surface area contributed by atoms with Crippen LogP contribution in [-0.2, 0) is 24.3 Å². The molecule has 0 saturated carbocycles. The number of hydrogen-bond donors (Lipinski definition) is 0. The molecule has 0 N–H and O–H groups in total.